The van der Waals surface area contributed by atoms with Crippen molar-refractivity contribution in [3.8, 4) is 0 Å². The monoisotopic (exact) mass is 318 g/mol. The molecule has 0 aliphatic carbocycles. The molecule has 3 nitrogen and oxygen atoms in total. The minimum absolute atomic E-state index is 0.0762. The largest absolute Gasteiger partial charge is 0.321 e. The van der Waals surface area contributed by atoms with Gasteiger partial charge in [-0.3, -0.25) is 4.79 Å². The van der Waals surface area contributed by atoms with Crippen molar-refractivity contribution in [2.24, 2.45) is 0 Å². The van der Waals surface area contributed by atoms with E-state index in [9.17, 15) is 9.18 Å². The molecular weight excluding hydrogens is 314 g/mol. The number of aromatic nitrogens is 1. The van der Waals surface area contributed by atoms with Crippen molar-refractivity contribution in [3.05, 3.63) is 57.0 Å². The normalized spacial score (nSPS) is 10.3. The smallest absolute Gasteiger partial charge is 0.258 e. The second-order valence-electron chi connectivity index (χ2n) is 3.57. The highest BCUT2D eigenvalue weighted by atomic mass is 35.5. The molecule has 0 saturated carbocycles. The molecule has 0 bridgehead atoms. The second kappa shape index (κ2) is 5.74. The molecule has 0 unspecified atom stereocenters. The maximum atomic E-state index is 13.0. The van der Waals surface area contributed by atoms with Gasteiger partial charge in [0, 0.05) is 5.02 Å². The van der Waals surface area contributed by atoms with Crippen LogP contribution in [0.1, 0.15) is 10.4 Å². The number of benzene rings is 1. The number of anilines is 1. The van der Waals surface area contributed by atoms with Crippen LogP contribution in [0, 0.1) is 5.82 Å². The van der Waals surface area contributed by atoms with Crippen LogP contribution in [-0.2, 0) is 0 Å². The number of amides is 1. The van der Waals surface area contributed by atoms with Gasteiger partial charge in [0.15, 0.2) is 0 Å². The Hall–Kier alpha value is -1.36. The van der Waals surface area contributed by atoms with Crippen molar-refractivity contribution in [1.29, 1.82) is 0 Å². The van der Waals surface area contributed by atoms with Gasteiger partial charge < -0.3 is 5.32 Å². The summed E-state index contributed by atoms with van der Waals surface area (Å²) in [5.74, 6) is -1.27. The molecule has 0 radical (unpaired) electrons. The fourth-order valence-electron chi connectivity index (χ4n) is 1.36. The molecule has 98 valence electrons. The van der Waals surface area contributed by atoms with Crippen LogP contribution in [0.25, 0.3) is 0 Å². The Morgan fingerprint density at radius 3 is 2.63 bits per heavy atom. The number of pyridine rings is 1. The summed E-state index contributed by atoms with van der Waals surface area (Å²) >= 11 is 17.4. The van der Waals surface area contributed by atoms with Crippen molar-refractivity contribution in [2.45, 2.75) is 0 Å². The SMILES string of the molecule is O=C(Nc1ccc(Cl)cc1Cl)c1cc(F)cnc1Cl. The van der Waals surface area contributed by atoms with Crippen LogP contribution in [0.2, 0.25) is 15.2 Å². The van der Waals surface area contributed by atoms with E-state index >= 15 is 0 Å². The summed E-state index contributed by atoms with van der Waals surface area (Å²) in [5, 5.41) is 3.11. The first-order valence-electron chi connectivity index (χ1n) is 5.05. The molecule has 1 amide bonds. The first kappa shape index (κ1) is 14.1. The highest BCUT2D eigenvalue weighted by Gasteiger charge is 2.14. The number of carbonyl (C=O) groups excluding carboxylic acids is 1. The maximum absolute atomic E-state index is 13.0. The average Bonchev–Trinajstić information content (AvgIpc) is 2.35. The van der Waals surface area contributed by atoms with Gasteiger partial charge in [-0.25, -0.2) is 9.37 Å². The molecule has 1 N–H and O–H groups in total. The quantitative estimate of drug-likeness (QED) is 0.832. The van der Waals surface area contributed by atoms with Gasteiger partial charge in [0.1, 0.15) is 11.0 Å². The highest BCUT2D eigenvalue weighted by Crippen LogP contribution is 2.26. The molecule has 7 heteroatoms. The van der Waals surface area contributed by atoms with E-state index in [-0.39, 0.29) is 15.7 Å². The summed E-state index contributed by atoms with van der Waals surface area (Å²) in [5.41, 5.74) is 0.268. The average molecular weight is 320 g/mol. The van der Waals surface area contributed by atoms with Crippen LogP contribution in [0.3, 0.4) is 0 Å². The van der Waals surface area contributed by atoms with E-state index in [4.69, 9.17) is 34.8 Å². The molecule has 1 heterocycles. The third-order valence-electron chi connectivity index (χ3n) is 2.23. The Morgan fingerprint density at radius 2 is 1.95 bits per heavy atom. The van der Waals surface area contributed by atoms with Crippen LogP contribution in [0.5, 0.6) is 0 Å². The van der Waals surface area contributed by atoms with Crippen LogP contribution >= 0.6 is 34.8 Å². The predicted molar refractivity (Wildman–Crippen MR) is 73.6 cm³/mol. The third-order valence-corrected chi connectivity index (χ3v) is 3.08. The Kier molecular flexibility index (Phi) is 4.24. The molecule has 0 fully saturated rings. The minimum Gasteiger partial charge on any atom is -0.321 e. The predicted octanol–water partition coefficient (Wildman–Crippen LogP) is 4.43. The van der Waals surface area contributed by atoms with E-state index in [1.807, 2.05) is 0 Å². The molecule has 2 rings (SSSR count). The van der Waals surface area contributed by atoms with E-state index < -0.39 is 11.7 Å². The summed E-state index contributed by atoms with van der Waals surface area (Å²) in [6.07, 6.45) is 0.925. The summed E-state index contributed by atoms with van der Waals surface area (Å²) < 4.78 is 13.0. The van der Waals surface area contributed by atoms with Crippen molar-refractivity contribution in [3.63, 3.8) is 0 Å². The van der Waals surface area contributed by atoms with Gasteiger partial charge >= 0.3 is 0 Å². The van der Waals surface area contributed by atoms with Crippen molar-refractivity contribution in [1.82, 2.24) is 4.98 Å². The van der Waals surface area contributed by atoms with E-state index in [2.05, 4.69) is 10.3 Å². The Labute approximate surface area is 123 Å². The standard InChI is InChI=1S/C12H6Cl3FN2O/c13-6-1-2-10(9(14)3-6)18-12(19)8-4-7(16)5-17-11(8)15/h1-5H,(H,18,19). The number of hydrogen-bond acceptors (Lipinski definition) is 2. The zero-order chi connectivity index (χ0) is 14.0. The topological polar surface area (TPSA) is 42.0 Å². The van der Waals surface area contributed by atoms with Crippen molar-refractivity contribution >= 4 is 46.4 Å². The summed E-state index contributed by atoms with van der Waals surface area (Å²) in [7, 11) is 0. The lowest BCUT2D eigenvalue weighted by molar-refractivity contribution is 0.102. The number of hydrogen-bond donors (Lipinski definition) is 1. The lowest BCUT2D eigenvalue weighted by Crippen LogP contribution is -2.13. The lowest BCUT2D eigenvalue weighted by Gasteiger charge is -2.08. The first-order chi connectivity index (χ1) is 8.97. The number of nitrogens with zero attached hydrogens (tertiary/aromatic N) is 1. The van der Waals surface area contributed by atoms with Crippen LogP contribution in [-0.4, -0.2) is 10.9 Å². The van der Waals surface area contributed by atoms with Gasteiger partial charge in [-0.05, 0) is 24.3 Å². The fraction of sp³-hybridized carbons (Fsp3) is 0. The lowest BCUT2D eigenvalue weighted by atomic mass is 10.2. The summed E-state index contributed by atoms with van der Waals surface area (Å²) in [4.78, 5) is 15.5. The Balaban J connectivity index is 2.28. The number of nitrogens with one attached hydrogen (secondary N) is 1. The molecule has 1 aromatic carbocycles. The van der Waals surface area contributed by atoms with E-state index in [0.717, 1.165) is 12.3 Å². The molecular formula is C12H6Cl3FN2O. The van der Waals surface area contributed by atoms with Gasteiger partial charge in [-0.1, -0.05) is 34.8 Å². The highest BCUT2D eigenvalue weighted by molar-refractivity contribution is 6.37. The molecule has 19 heavy (non-hydrogen) atoms. The molecule has 0 atom stereocenters. The molecule has 0 saturated heterocycles. The van der Waals surface area contributed by atoms with Gasteiger partial charge in [-0.2, -0.15) is 0 Å². The number of carbonyl (C=O) groups is 1. The Bertz CT molecular complexity index is 649. The van der Waals surface area contributed by atoms with Gasteiger partial charge in [0.2, 0.25) is 0 Å². The molecule has 0 spiro atoms. The third kappa shape index (κ3) is 3.35. The van der Waals surface area contributed by atoms with Crippen molar-refractivity contribution in [2.75, 3.05) is 5.32 Å². The molecule has 1 aromatic heterocycles. The van der Waals surface area contributed by atoms with Crippen molar-refractivity contribution < 1.29 is 9.18 Å². The summed E-state index contributed by atoms with van der Waals surface area (Å²) in [6, 6.07) is 5.57. The van der Waals surface area contributed by atoms with Gasteiger partial charge in [-0.15, -0.1) is 0 Å². The Morgan fingerprint density at radius 1 is 1.21 bits per heavy atom. The summed E-state index contributed by atoms with van der Waals surface area (Å²) in [6.45, 7) is 0. The zero-order valence-electron chi connectivity index (χ0n) is 9.25. The number of rotatable bonds is 2. The van der Waals surface area contributed by atoms with Gasteiger partial charge in [0.05, 0.1) is 22.5 Å². The zero-order valence-corrected chi connectivity index (χ0v) is 11.5. The van der Waals surface area contributed by atoms with Crippen LogP contribution in [0.4, 0.5) is 10.1 Å². The number of halogens is 4. The molecule has 2 aromatic rings. The second-order valence-corrected chi connectivity index (χ2v) is 4.77. The van der Waals surface area contributed by atoms with Crippen LogP contribution in [0.15, 0.2) is 30.5 Å². The molecule has 0 aliphatic heterocycles. The molecule has 0 aliphatic rings. The fourth-order valence-corrected chi connectivity index (χ4v) is 2.01. The maximum Gasteiger partial charge on any atom is 0.258 e. The van der Waals surface area contributed by atoms with E-state index in [1.165, 1.54) is 12.1 Å². The van der Waals surface area contributed by atoms with Gasteiger partial charge in [0.25, 0.3) is 5.91 Å². The van der Waals surface area contributed by atoms with E-state index in [0.29, 0.717) is 10.7 Å². The van der Waals surface area contributed by atoms with Crippen LogP contribution < -0.4 is 5.32 Å². The van der Waals surface area contributed by atoms with E-state index in [1.54, 1.807) is 6.07 Å². The minimum atomic E-state index is -0.656. The first-order valence-corrected chi connectivity index (χ1v) is 6.18.